The van der Waals surface area contributed by atoms with Gasteiger partial charge in [0.2, 0.25) is 0 Å². The van der Waals surface area contributed by atoms with Crippen molar-refractivity contribution >= 4 is 17.3 Å². The lowest BCUT2D eigenvalue weighted by molar-refractivity contribution is -0.136. The molecule has 0 aliphatic rings. The van der Waals surface area contributed by atoms with Crippen LogP contribution in [0.2, 0.25) is 0 Å². The summed E-state index contributed by atoms with van der Waals surface area (Å²) in [6.07, 6.45) is 4.15. The molecule has 0 unspecified atom stereocenters. The number of aromatic nitrogens is 2. The Kier molecular flexibility index (Phi) is 7.38. The van der Waals surface area contributed by atoms with Crippen LogP contribution in [0, 0.1) is 0 Å². The topological polar surface area (TPSA) is 67.6 Å². The molecule has 1 N–H and O–H groups in total. The maximum atomic E-state index is 11.1. The molecule has 4 rings (SSSR count). The van der Waals surface area contributed by atoms with Crippen LogP contribution >= 0.6 is 0 Å². The number of hydrogen-bond acceptors (Lipinski definition) is 4. The second-order valence-electron chi connectivity index (χ2n) is 7.71. The van der Waals surface area contributed by atoms with Crippen molar-refractivity contribution in [3.63, 3.8) is 0 Å². The summed E-state index contributed by atoms with van der Waals surface area (Å²) in [6.45, 7) is 1.73. The summed E-state index contributed by atoms with van der Waals surface area (Å²) in [5, 5.41) is 13.4. The molecule has 0 saturated heterocycles. The number of aryl methyl sites for hydroxylation is 1. The molecule has 3 aromatic carbocycles. The maximum Gasteiger partial charge on any atom is 0.303 e. The maximum absolute atomic E-state index is 11.1. The Morgan fingerprint density at radius 1 is 0.939 bits per heavy atom. The van der Waals surface area contributed by atoms with Crippen molar-refractivity contribution in [1.82, 2.24) is 9.78 Å². The van der Waals surface area contributed by atoms with E-state index in [1.165, 1.54) is 0 Å². The number of para-hydroxylation sites is 2. The van der Waals surface area contributed by atoms with Crippen LogP contribution in [-0.2, 0) is 17.8 Å². The van der Waals surface area contributed by atoms with E-state index in [4.69, 9.17) is 9.84 Å². The van der Waals surface area contributed by atoms with E-state index in [0.29, 0.717) is 26.1 Å². The zero-order valence-corrected chi connectivity index (χ0v) is 18.4. The molecule has 0 radical (unpaired) electrons. The largest absolute Gasteiger partial charge is 0.491 e. The summed E-state index contributed by atoms with van der Waals surface area (Å²) in [4.78, 5) is 13.3. The van der Waals surface area contributed by atoms with Crippen LogP contribution in [0.3, 0.4) is 0 Å². The zero-order valence-electron chi connectivity index (χ0n) is 18.4. The van der Waals surface area contributed by atoms with E-state index in [9.17, 15) is 4.79 Å². The number of carbonyl (C=O) groups is 1. The van der Waals surface area contributed by atoms with Crippen molar-refractivity contribution in [2.45, 2.75) is 19.4 Å². The lowest BCUT2D eigenvalue weighted by Gasteiger charge is -2.25. The van der Waals surface area contributed by atoms with Gasteiger partial charge in [0, 0.05) is 30.2 Å². The molecule has 6 nitrogen and oxygen atoms in total. The Hall–Kier alpha value is -4.06. The van der Waals surface area contributed by atoms with E-state index in [2.05, 4.69) is 34.3 Å². The Balaban J connectivity index is 1.51. The van der Waals surface area contributed by atoms with Crippen LogP contribution in [-0.4, -0.2) is 34.0 Å². The summed E-state index contributed by atoms with van der Waals surface area (Å²) in [7, 11) is 0. The molecule has 33 heavy (non-hydrogen) atoms. The highest BCUT2D eigenvalue weighted by Gasteiger charge is 2.12. The summed E-state index contributed by atoms with van der Waals surface area (Å²) < 4.78 is 8.09. The van der Waals surface area contributed by atoms with Crippen molar-refractivity contribution in [2.75, 3.05) is 18.1 Å². The summed E-state index contributed by atoms with van der Waals surface area (Å²) in [6, 6.07) is 28.3. The number of benzene rings is 3. The highest BCUT2D eigenvalue weighted by atomic mass is 16.5. The van der Waals surface area contributed by atoms with Gasteiger partial charge in [0.05, 0.1) is 13.1 Å². The number of anilines is 2. The molecule has 0 aliphatic heterocycles. The molecule has 0 atom stereocenters. The predicted octanol–water partition coefficient (Wildman–Crippen LogP) is 5.17. The van der Waals surface area contributed by atoms with Crippen LogP contribution in [0.4, 0.5) is 11.4 Å². The highest BCUT2D eigenvalue weighted by Crippen LogP contribution is 2.26. The minimum Gasteiger partial charge on any atom is -0.491 e. The Bertz CT molecular complexity index is 1110. The van der Waals surface area contributed by atoms with E-state index in [1.807, 2.05) is 71.5 Å². The number of nitrogens with zero attached hydrogens (tertiary/aromatic N) is 3. The van der Waals surface area contributed by atoms with Gasteiger partial charge < -0.3 is 14.7 Å². The summed E-state index contributed by atoms with van der Waals surface area (Å²) in [5.41, 5.74) is 4.13. The fourth-order valence-electron chi connectivity index (χ4n) is 3.73. The second kappa shape index (κ2) is 11.0. The highest BCUT2D eigenvalue weighted by molar-refractivity contribution is 5.67. The van der Waals surface area contributed by atoms with Gasteiger partial charge in [-0.1, -0.05) is 48.5 Å². The van der Waals surface area contributed by atoms with Crippen LogP contribution in [0.5, 0.6) is 5.75 Å². The molecule has 0 amide bonds. The van der Waals surface area contributed by atoms with Gasteiger partial charge in [-0.2, -0.15) is 5.10 Å². The van der Waals surface area contributed by atoms with E-state index in [1.54, 1.807) is 6.20 Å². The van der Waals surface area contributed by atoms with Gasteiger partial charge in [-0.15, -0.1) is 0 Å². The number of hydrogen-bond donors (Lipinski definition) is 1. The first kappa shape index (κ1) is 22.1. The molecular weight excluding hydrogens is 414 g/mol. The lowest BCUT2D eigenvalue weighted by atomic mass is 10.1. The third-order valence-corrected chi connectivity index (χ3v) is 5.35. The van der Waals surface area contributed by atoms with E-state index in [0.717, 1.165) is 28.3 Å². The van der Waals surface area contributed by atoms with Crippen LogP contribution in [0.25, 0.3) is 0 Å². The SMILES string of the molecule is O=C(O)CCc1ccc(Cn2cccn2)cc1OCCN(c1ccccc1)c1ccccc1. The number of carboxylic acids is 1. The van der Waals surface area contributed by atoms with Gasteiger partial charge in [0.1, 0.15) is 12.4 Å². The number of aliphatic carboxylic acids is 1. The van der Waals surface area contributed by atoms with Gasteiger partial charge in [-0.3, -0.25) is 9.48 Å². The molecule has 0 saturated carbocycles. The molecule has 1 aromatic heterocycles. The van der Waals surface area contributed by atoms with E-state index >= 15 is 0 Å². The first-order valence-electron chi connectivity index (χ1n) is 11.0. The summed E-state index contributed by atoms with van der Waals surface area (Å²) >= 11 is 0. The van der Waals surface area contributed by atoms with Gasteiger partial charge in [-0.25, -0.2) is 0 Å². The van der Waals surface area contributed by atoms with Crippen molar-refractivity contribution in [2.24, 2.45) is 0 Å². The average molecular weight is 442 g/mol. The number of rotatable bonds is 11. The lowest BCUT2D eigenvalue weighted by Crippen LogP contribution is -2.23. The Morgan fingerprint density at radius 3 is 2.24 bits per heavy atom. The molecule has 168 valence electrons. The normalized spacial score (nSPS) is 10.7. The van der Waals surface area contributed by atoms with Gasteiger partial charge in [0.15, 0.2) is 0 Å². The summed E-state index contributed by atoms with van der Waals surface area (Å²) in [5.74, 6) is -0.0946. The molecular formula is C27H27N3O3. The molecule has 4 aromatic rings. The zero-order chi connectivity index (χ0) is 22.9. The minimum absolute atomic E-state index is 0.0645. The predicted molar refractivity (Wildman–Crippen MR) is 129 cm³/mol. The second-order valence-corrected chi connectivity index (χ2v) is 7.71. The molecule has 0 aliphatic carbocycles. The smallest absolute Gasteiger partial charge is 0.303 e. The fraction of sp³-hybridized carbons (Fsp3) is 0.185. The van der Waals surface area contributed by atoms with Crippen LogP contribution in [0.15, 0.2) is 97.3 Å². The monoisotopic (exact) mass is 441 g/mol. The minimum atomic E-state index is -0.819. The standard InChI is InChI=1S/C27H27N3O3/c31-27(32)15-14-23-13-12-22(21-29-17-7-16-28-29)20-26(23)33-19-18-30(24-8-3-1-4-9-24)25-10-5-2-6-11-25/h1-13,16-17,20H,14-15,18-19,21H2,(H,31,32). The first-order chi connectivity index (χ1) is 16.2. The van der Waals surface area contributed by atoms with E-state index < -0.39 is 5.97 Å². The Labute approximate surface area is 193 Å². The van der Waals surface area contributed by atoms with Crippen molar-refractivity contribution in [3.05, 3.63) is 108 Å². The van der Waals surface area contributed by atoms with Crippen LogP contribution in [0.1, 0.15) is 17.5 Å². The Morgan fingerprint density at radius 2 is 1.64 bits per heavy atom. The van der Waals surface area contributed by atoms with Crippen LogP contribution < -0.4 is 9.64 Å². The number of carboxylic acid groups (broad SMARTS) is 1. The number of ether oxygens (including phenoxy) is 1. The van der Waals surface area contributed by atoms with Crippen molar-refractivity contribution in [3.8, 4) is 5.75 Å². The van der Waals surface area contributed by atoms with E-state index in [-0.39, 0.29) is 6.42 Å². The van der Waals surface area contributed by atoms with Gasteiger partial charge in [0.25, 0.3) is 0 Å². The van der Waals surface area contributed by atoms with Crippen molar-refractivity contribution in [1.29, 1.82) is 0 Å². The molecule has 0 bridgehead atoms. The average Bonchev–Trinajstić information content (AvgIpc) is 3.35. The third kappa shape index (κ3) is 6.23. The first-order valence-corrected chi connectivity index (χ1v) is 11.0. The molecule has 1 heterocycles. The third-order valence-electron chi connectivity index (χ3n) is 5.35. The van der Waals surface area contributed by atoms with Crippen molar-refractivity contribution < 1.29 is 14.6 Å². The van der Waals surface area contributed by atoms with Gasteiger partial charge >= 0.3 is 5.97 Å². The molecule has 0 spiro atoms. The fourth-order valence-corrected chi connectivity index (χ4v) is 3.73. The molecule has 6 heteroatoms. The quantitative estimate of drug-likeness (QED) is 0.348. The molecule has 0 fully saturated rings. The van der Waals surface area contributed by atoms with Gasteiger partial charge in [-0.05, 0) is 53.9 Å².